The number of aromatic nitrogens is 3. The number of hydrogen-bond acceptors (Lipinski definition) is 7. The van der Waals surface area contributed by atoms with Crippen molar-refractivity contribution in [3.05, 3.63) is 0 Å². The van der Waals surface area contributed by atoms with Gasteiger partial charge in [-0.3, -0.25) is 5.43 Å². The van der Waals surface area contributed by atoms with E-state index in [1.807, 2.05) is 19.0 Å². The lowest BCUT2D eigenvalue weighted by atomic mass is 9.93. The van der Waals surface area contributed by atoms with Gasteiger partial charge in [0.2, 0.25) is 17.8 Å². The topological polar surface area (TPSA) is 83.2 Å². The van der Waals surface area contributed by atoms with E-state index >= 15 is 0 Å². The largest absolute Gasteiger partial charge is 0.347 e. The zero-order valence-electron chi connectivity index (χ0n) is 11.4. The minimum absolute atomic E-state index is 0.307. The molecule has 1 fully saturated rings. The van der Waals surface area contributed by atoms with Gasteiger partial charge in [0.25, 0.3) is 0 Å². The molecule has 0 unspecified atom stereocenters. The number of hydrogen-bond donors (Lipinski definition) is 2. The van der Waals surface area contributed by atoms with Gasteiger partial charge in [-0.2, -0.15) is 15.0 Å². The van der Waals surface area contributed by atoms with Gasteiger partial charge < -0.3 is 9.80 Å². The zero-order chi connectivity index (χ0) is 13.3. The number of anilines is 3. The lowest BCUT2D eigenvalue weighted by Crippen LogP contribution is -2.27. The van der Waals surface area contributed by atoms with E-state index in [-0.39, 0.29) is 0 Å². The molecule has 3 N–H and O–H groups in total. The Morgan fingerprint density at radius 3 is 2.50 bits per heavy atom. The van der Waals surface area contributed by atoms with Gasteiger partial charge in [0, 0.05) is 27.2 Å². The summed E-state index contributed by atoms with van der Waals surface area (Å²) in [4.78, 5) is 17.0. The van der Waals surface area contributed by atoms with Crippen molar-refractivity contribution in [3.8, 4) is 0 Å². The van der Waals surface area contributed by atoms with E-state index in [0.717, 1.165) is 19.5 Å². The van der Waals surface area contributed by atoms with Gasteiger partial charge >= 0.3 is 0 Å². The highest BCUT2D eigenvalue weighted by atomic mass is 15.4. The van der Waals surface area contributed by atoms with E-state index in [2.05, 4.69) is 39.1 Å². The quantitative estimate of drug-likeness (QED) is 0.596. The molecule has 0 aromatic carbocycles. The van der Waals surface area contributed by atoms with Crippen molar-refractivity contribution in [1.82, 2.24) is 15.0 Å². The summed E-state index contributed by atoms with van der Waals surface area (Å²) in [6, 6.07) is 0. The Hall–Kier alpha value is -1.63. The second-order valence-electron chi connectivity index (χ2n) is 5.63. The third-order valence-electron chi connectivity index (χ3n) is 3.10. The lowest BCUT2D eigenvalue weighted by Gasteiger charge is -2.21. The minimum atomic E-state index is 0.307. The van der Waals surface area contributed by atoms with Gasteiger partial charge in [-0.1, -0.05) is 13.8 Å². The molecule has 1 saturated heterocycles. The van der Waals surface area contributed by atoms with Gasteiger partial charge in [-0.05, 0) is 11.8 Å². The molecule has 18 heavy (non-hydrogen) atoms. The summed E-state index contributed by atoms with van der Waals surface area (Å²) < 4.78 is 0. The van der Waals surface area contributed by atoms with Crippen LogP contribution in [0.3, 0.4) is 0 Å². The Morgan fingerprint density at radius 2 is 2.00 bits per heavy atom. The molecule has 2 heterocycles. The SMILES string of the molecule is CN(C)c1nc(NN)nc(N2CCC(C)(C)C2)n1. The fourth-order valence-corrected chi connectivity index (χ4v) is 2.04. The molecule has 1 aromatic heterocycles. The first-order valence-corrected chi connectivity index (χ1v) is 6.06. The standard InChI is InChI=1S/C11H21N7/c1-11(2)5-6-18(7-11)10-14-8(16-12)13-9(15-10)17(3)4/h5-7,12H2,1-4H3,(H,13,14,15,16). The summed E-state index contributed by atoms with van der Waals surface area (Å²) >= 11 is 0. The summed E-state index contributed by atoms with van der Waals surface area (Å²) in [7, 11) is 3.79. The second-order valence-corrected chi connectivity index (χ2v) is 5.63. The van der Waals surface area contributed by atoms with Crippen LogP contribution in [-0.4, -0.2) is 42.1 Å². The van der Waals surface area contributed by atoms with Crippen LogP contribution >= 0.6 is 0 Å². The summed E-state index contributed by atoms with van der Waals surface area (Å²) in [5.41, 5.74) is 2.80. The van der Waals surface area contributed by atoms with Crippen molar-refractivity contribution < 1.29 is 0 Å². The van der Waals surface area contributed by atoms with E-state index in [4.69, 9.17) is 5.84 Å². The molecule has 7 heteroatoms. The number of nitrogens with two attached hydrogens (primary N) is 1. The fraction of sp³-hybridized carbons (Fsp3) is 0.727. The highest BCUT2D eigenvalue weighted by molar-refractivity contribution is 5.44. The van der Waals surface area contributed by atoms with Crippen LogP contribution in [0.4, 0.5) is 17.8 Å². The van der Waals surface area contributed by atoms with E-state index in [0.29, 0.717) is 23.3 Å². The number of nitrogens with one attached hydrogen (secondary N) is 1. The first-order valence-electron chi connectivity index (χ1n) is 6.06. The van der Waals surface area contributed by atoms with Gasteiger partial charge in [0.05, 0.1) is 0 Å². The second kappa shape index (κ2) is 4.56. The van der Waals surface area contributed by atoms with Crippen LogP contribution in [0.2, 0.25) is 0 Å². The molecule has 1 aromatic rings. The number of rotatable bonds is 3. The zero-order valence-corrected chi connectivity index (χ0v) is 11.4. The molecule has 100 valence electrons. The molecular weight excluding hydrogens is 230 g/mol. The van der Waals surface area contributed by atoms with Crippen LogP contribution in [0, 0.1) is 5.41 Å². The Labute approximate surface area is 107 Å². The minimum Gasteiger partial charge on any atom is -0.347 e. The Balaban J connectivity index is 2.30. The monoisotopic (exact) mass is 251 g/mol. The van der Waals surface area contributed by atoms with Gasteiger partial charge in [-0.25, -0.2) is 5.84 Å². The molecule has 2 rings (SSSR count). The molecule has 0 bridgehead atoms. The molecule has 0 spiro atoms. The Morgan fingerprint density at radius 1 is 1.28 bits per heavy atom. The van der Waals surface area contributed by atoms with Crippen LogP contribution in [0.25, 0.3) is 0 Å². The molecule has 1 aliphatic rings. The third kappa shape index (κ3) is 2.61. The highest BCUT2D eigenvalue weighted by Crippen LogP contribution is 2.31. The lowest BCUT2D eigenvalue weighted by molar-refractivity contribution is 0.418. The van der Waals surface area contributed by atoms with E-state index < -0.39 is 0 Å². The summed E-state index contributed by atoms with van der Waals surface area (Å²) in [5.74, 6) is 7.09. The maximum atomic E-state index is 5.40. The molecule has 0 aliphatic carbocycles. The summed E-state index contributed by atoms with van der Waals surface area (Å²) in [6.07, 6.45) is 1.14. The first kappa shape index (κ1) is 12.8. The molecule has 0 amide bonds. The van der Waals surface area contributed by atoms with Crippen LogP contribution in [0.5, 0.6) is 0 Å². The molecule has 0 saturated carbocycles. The molecule has 0 radical (unpaired) electrons. The third-order valence-corrected chi connectivity index (χ3v) is 3.10. The maximum absolute atomic E-state index is 5.40. The van der Waals surface area contributed by atoms with Crippen LogP contribution in [0.1, 0.15) is 20.3 Å². The van der Waals surface area contributed by atoms with Crippen molar-refractivity contribution >= 4 is 17.8 Å². The number of hydrazine groups is 1. The Kier molecular flexibility index (Phi) is 3.25. The van der Waals surface area contributed by atoms with Crippen molar-refractivity contribution in [2.45, 2.75) is 20.3 Å². The molecule has 7 nitrogen and oxygen atoms in total. The van der Waals surface area contributed by atoms with Gasteiger partial charge in [0.1, 0.15) is 0 Å². The molecular formula is C11H21N7. The van der Waals surface area contributed by atoms with Crippen LogP contribution < -0.4 is 21.1 Å². The first-order chi connectivity index (χ1) is 8.41. The van der Waals surface area contributed by atoms with E-state index in [1.54, 1.807) is 0 Å². The van der Waals surface area contributed by atoms with Crippen LogP contribution in [-0.2, 0) is 0 Å². The van der Waals surface area contributed by atoms with E-state index in [9.17, 15) is 0 Å². The summed E-state index contributed by atoms with van der Waals surface area (Å²) in [6.45, 7) is 6.42. The Bertz CT molecular complexity index is 429. The molecule has 1 aliphatic heterocycles. The average Bonchev–Trinajstić information content (AvgIpc) is 2.69. The smallest absolute Gasteiger partial charge is 0.243 e. The molecule has 0 atom stereocenters. The van der Waals surface area contributed by atoms with E-state index in [1.165, 1.54) is 0 Å². The number of nitrogen functional groups attached to an aromatic ring is 1. The predicted octanol–water partition coefficient (Wildman–Crippen LogP) is 0.459. The van der Waals surface area contributed by atoms with Crippen molar-refractivity contribution in [2.75, 3.05) is 42.4 Å². The fourth-order valence-electron chi connectivity index (χ4n) is 2.04. The summed E-state index contributed by atoms with van der Waals surface area (Å²) in [5, 5.41) is 0. The van der Waals surface area contributed by atoms with Gasteiger partial charge in [0.15, 0.2) is 0 Å². The normalized spacial score (nSPS) is 17.9. The predicted molar refractivity (Wildman–Crippen MR) is 72.6 cm³/mol. The van der Waals surface area contributed by atoms with Crippen molar-refractivity contribution in [2.24, 2.45) is 11.3 Å². The van der Waals surface area contributed by atoms with Gasteiger partial charge in [-0.15, -0.1) is 0 Å². The van der Waals surface area contributed by atoms with Crippen molar-refractivity contribution in [1.29, 1.82) is 0 Å². The number of nitrogens with zero attached hydrogens (tertiary/aromatic N) is 5. The highest BCUT2D eigenvalue weighted by Gasteiger charge is 2.31. The maximum Gasteiger partial charge on any atom is 0.243 e. The van der Waals surface area contributed by atoms with Crippen LogP contribution in [0.15, 0.2) is 0 Å². The van der Waals surface area contributed by atoms with Crippen molar-refractivity contribution in [3.63, 3.8) is 0 Å². The average molecular weight is 251 g/mol.